The average molecular weight is 335 g/mol. The summed E-state index contributed by atoms with van der Waals surface area (Å²) in [6.07, 6.45) is 5.05. The predicted molar refractivity (Wildman–Crippen MR) is 88.6 cm³/mol. The van der Waals surface area contributed by atoms with Gasteiger partial charge in [-0.1, -0.05) is 12.1 Å². The zero-order valence-electron chi connectivity index (χ0n) is 13.7. The van der Waals surface area contributed by atoms with Crippen molar-refractivity contribution in [2.75, 3.05) is 20.1 Å². The van der Waals surface area contributed by atoms with Crippen molar-refractivity contribution >= 4 is 5.97 Å². The van der Waals surface area contributed by atoms with Gasteiger partial charge in [-0.25, -0.2) is 0 Å². The van der Waals surface area contributed by atoms with E-state index >= 15 is 0 Å². The fourth-order valence-corrected chi connectivity index (χ4v) is 3.90. The van der Waals surface area contributed by atoms with Crippen LogP contribution in [0.3, 0.4) is 0 Å². The molecule has 1 aliphatic carbocycles. The molecule has 126 valence electrons. The van der Waals surface area contributed by atoms with Crippen LogP contribution in [0.1, 0.15) is 11.5 Å². The lowest BCUT2D eigenvalue weighted by atomic mass is 9.57. The zero-order chi connectivity index (χ0) is 18.2. The van der Waals surface area contributed by atoms with E-state index in [-0.39, 0.29) is 17.2 Å². The van der Waals surface area contributed by atoms with Crippen molar-refractivity contribution in [3.8, 4) is 12.1 Å². The van der Waals surface area contributed by atoms with Gasteiger partial charge < -0.3 is 15.7 Å². The predicted octanol–water partition coefficient (Wildman–Crippen LogP) is 0.998. The number of nitriles is 2. The minimum absolute atomic E-state index is 0.113. The number of aromatic nitrogens is 1. The molecule has 0 radical (unpaired) electrons. The molecule has 0 saturated heterocycles. The van der Waals surface area contributed by atoms with Crippen LogP contribution in [0.4, 0.5) is 0 Å². The molecule has 3 N–H and O–H groups in total. The number of likely N-dealkylation sites (N-methyl/N-ethyl adjacent to an activating group) is 1. The van der Waals surface area contributed by atoms with E-state index < -0.39 is 17.3 Å². The van der Waals surface area contributed by atoms with E-state index in [1.807, 2.05) is 30.2 Å². The molecule has 0 saturated carbocycles. The maximum atomic E-state index is 12.2. The number of hydrogen-bond acceptors (Lipinski definition) is 6. The van der Waals surface area contributed by atoms with Gasteiger partial charge in [-0.3, -0.25) is 9.78 Å². The average Bonchev–Trinajstić information content (AvgIpc) is 2.61. The quantitative estimate of drug-likeness (QED) is 0.825. The van der Waals surface area contributed by atoms with Crippen molar-refractivity contribution in [3.05, 3.63) is 53.0 Å². The van der Waals surface area contributed by atoms with Gasteiger partial charge in [0.2, 0.25) is 5.41 Å². The van der Waals surface area contributed by atoms with Gasteiger partial charge in [-0.2, -0.15) is 10.5 Å². The highest BCUT2D eigenvalue weighted by Crippen LogP contribution is 2.54. The molecule has 0 bridgehead atoms. The molecule has 0 aromatic carbocycles. The summed E-state index contributed by atoms with van der Waals surface area (Å²) in [6, 6.07) is 7.40. The number of hydrogen-bond donors (Lipinski definition) is 2. The fraction of sp³-hybridized carbons (Fsp3) is 0.333. The summed E-state index contributed by atoms with van der Waals surface area (Å²) in [6.45, 7) is 1.16. The Labute approximate surface area is 145 Å². The van der Waals surface area contributed by atoms with Crippen molar-refractivity contribution in [3.63, 3.8) is 0 Å². The number of carbonyl (C=O) groups is 1. The molecule has 0 amide bonds. The highest BCUT2D eigenvalue weighted by Gasteiger charge is 2.58. The molecular weight excluding hydrogens is 318 g/mol. The molecule has 3 rings (SSSR count). The van der Waals surface area contributed by atoms with Crippen LogP contribution in [0.5, 0.6) is 0 Å². The lowest BCUT2D eigenvalue weighted by Gasteiger charge is -2.45. The fourth-order valence-electron chi connectivity index (χ4n) is 3.90. The molecule has 3 atom stereocenters. The second kappa shape index (κ2) is 6.04. The van der Waals surface area contributed by atoms with Crippen molar-refractivity contribution in [1.82, 2.24) is 9.88 Å². The van der Waals surface area contributed by atoms with Gasteiger partial charge in [0.25, 0.3) is 0 Å². The zero-order valence-corrected chi connectivity index (χ0v) is 13.7. The number of nitrogens with zero attached hydrogens (tertiary/aromatic N) is 4. The van der Waals surface area contributed by atoms with Gasteiger partial charge in [0, 0.05) is 37.3 Å². The Hall–Kier alpha value is -3.16. The first-order chi connectivity index (χ1) is 12.0. The van der Waals surface area contributed by atoms with Crippen LogP contribution in [0.2, 0.25) is 0 Å². The molecule has 0 fully saturated rings. The van der Waals surface area contributed by atoms with E-state index in [1.54, 1.807) is 24.5 Å². The molecule has 7 heteroatoms. The van der Waals surface area contributed by atoms with Crippen LogP contribution >= 0.6 is 0 Å². The third-order valence-corrected chi connectivity index (χ3v) is 5.05. The first-order valence-electron chi connectivity index (χ1n) is 7.81. The van der Waals surface area contributed by atoms with Gasteiger partial charge >= 0.3 is 5.97 Å². The number of pyridine rings is 1. The maximum absolute atomic E-state index is 12.2. The topological polar surface area (TPSA) is 127 Å². The van der Waals surface area contributed by atoms with E-state index in [9.17, 15) is 20.4 Å². The number of nitrogens with two attached hydrogens (primary N) is 1. The smallest absolute Gasteiger partial charge is 0.330 e. The van der Waals surface area contributed by atoms with Gasteiger partial charge in [0.05, 0.1) is 17.3 Å². The van der Waals surface area contributed by atoms with Crippen LogP contribution in [0.25, 0.3) is 0 Å². The number of allylic oxidation sites excluding steroid dienone is 1. The molecule has 25 heavy (non-hydrogen) atoms. The first-order valence-corrected chi connectivity index (χ1v) is 7.81. The summed E-state index contributed by atoms with van der Waals surface area (Å²) in [4.78, 5) is 18.3. The highest BCUT2D eigenvalue weighted by atomic mass is 16.4. The molecule has 1 aliphatic heterocycles. The second-order valence-corrected chi connectivity index (χ2v) is 6.38. The van der Waals surface area contributed by atoms with Crippen molar-refractivity contribution in [1.29, 1.82) is 10.5 Å². The highest BCUT2D eigenvalue weighted by molar-refractivity contribution is 5.86. The van der Waals surface area contributed by atoms with Crippen LogP contribution in [-0.4, -0.2) is 41.1 Å². The molecule has 7 nitrogen and oxygen atoms in total. The Bertz CT molecular complexity index is 862. The summed E-state index contributed by atoms with van der Waals surface area (Å²) in [5.74, 6) is -2.41. The summed E-state index contributed by atoms with van der Waals surface area (Å²) in [5.41, 5.74) is 5.39. The number of aliphatic carboxylic acids is 1. The van der Waals surface area contributed by atoms with E-state index in [1.165, 1.54) is 0 Å². The summed E-state index contributed by atoms with van der Waals surface area (Å²) < 4.78 is 0. The largest absolute Gasteiger partial charge is 0.480 e. The number of carboxylic acid groups (broad SMARTS) is 1. The second-order valence-electron chi connectivity index (χ2n) is 6.38. The minimum atomic E-state index is -2.01. The van der Waals surface area contributed by atoms with E-state index in [4.69, 9.17) is 5.73 Å². The van der Waals surface area contributed by atoms with Crippen LogP contribution in [0.15, 0.2) is 47.4 Å². The lowest BCUT2D eigenvalue weighted by molar-refractivity contribution is -0.145. The molecule has 2 heterocycles. The Kier molecular flexibility index (Phi) is 4.03. The Balaban J connectivity index is 2.37. The Morgan fingerprint density at radius 3 is 2.84 bits per heavy atom. The van der Waals surface area contributed by atoms with Crippen molar-refractivity contribution in [2.45, 2.75) is 5.92 Å². The summed E-state index contributed by atoms with van der Waals surface area (Å²) in [5, 5.41) is 29.4. The van der Waals surface area contributed by atoms with Gasteiger partial charge in [0.15, 0.2) is 0 Å². The normalized spacial score (nSPS) is 29.2. The van der Waals surface area contributed by atoms with Gasteiger partial charge in [0.1, 0.15) is 6.07 Å². The molecule has 1 aromatic rings. The van der Waals surface area contributed by atoms with E-state index in [0.717, 1.165) is 5.57 Å². The third-order valence-electron chi connectivity index (χ3n) is 5.05. The third kappa shape index (κ3) is 2.29. The maximum Gasteiger partial charge on any atom is 0.330 e. The lowest BCUT2D eigenvalue weighted by Crippen LogP contribution is -2.51. The summed E-state index contributed by atoms with van der Waals surface area (Å²) >= 11 is 0. The monoisotopic (exact) mass is 335 g/mol. The molecule has 0 unspecified atom stereocenters. The van der Waals surface area contributed by atoms with Crippen LogP contribution in [-0.2, 0) is 4.79 Å². The standard InChI is InChI=1S/C18H17N5O2/c1-23-6-4-12-13(7-19)16(21)18(10-20,17(24)25)15(14(12)9-23)11-3-2-5-22-8-11/h2-5,8,14-15H,6,9,21H2,1H3,(H,24,25)/t14-,15-,18+/m0/s1. The number of fused-ring (bicyclic) bond motifs is 1. The molecule has 1 aromatic heterocycles. The Morgan fingerprint density at radius 2 is 2.28 bits per heavy atom. The first kappa shape index (κ1) is 16.7. The number of rotatable bonds is 2. The summed E-state index contributed by atoms with van der Waals surface area (Å²) in [7, 11) is 1.91. The molecule has 2 aliphatic rings. The van der Waals surface area contributed by atoms with Crippen molar-refractivity contribution in [2.24, 2.45) is 17.1 Å². The van der Waals surface area contributed by atoms with E-state index in [0.29, 0.717) is 18.7 Å². The minimum Gasteiger partial charge on any atom is -0.480 e. The van der Waals surface area contributed by atoms with Crippen LogP contribution in [0, 0.1) is 34.0 Å². The van der Waals surface area contributed by atoms with Crippen molar-refractivity contribution < 1.29 is 9.90 Å². The Morgan fingerprint density at radius 1 is 1.52 bits per heavy atom. The van der Waals surface area contributed by atoms with E-state index in [2.05, 4.69) is 4.98 Å². The SMILES string of the molecule is CN1CC=C2C(C#N)=C(N)[C@](C#N)(C(=O)O)[C@@H](c3cccnc3)[C@H]2C1. The van der Waals surface area contributed by atoms with Crippen LogP contribution < -0.4 is 5.73 Å². The van der Waals surface area contributed by atoms with Gasteiger partial charge in [-0.05, 0) is 24.3 Å². The van der Waals surface area contributed by atoms with Gasteiger partial charge in [-0.15, -0.1) is 0 Å². The molecule has 0 spiro atoms. The molecular formula is C18H17N5O2. The number of carboxylic acids is 1.